The fraction of sp³-hybridized carbons (Fsp3) is 0.474. The van der Waals surface area contributed by atoms with Gasteiger partial charge in [-0.2, -0.15) is 0 Å². The SMILES string of the molecule is CNCCC1CCN(C(=O)c2cccc3ccc(C)nc23)CC1.Cl.Cl. The summed E-state index contributed by atoms with van der Waals surface area (Å²) in [4.78, 5) is 19.5. The van der Waals surface area contributed by atoms with Gasteiger partial charge >= 0.3 is 0 Å². The van der Waals surface area contributed by atoms with E-state index in [-0.39, 0.29) is 30.7 Å². The zero-order valence-corrected chi connectivity index (χ0v) is 16.5. The van der Waals surface area contributed by atoms with Crippen LogP contribution in [0.4, 0.5) is 0 Å². The Kier molecular flexibility index (Phi) is 8.63. The maximum atomic E-state index is 12.9. The molecule has 6 heteroatoms. The highest BCUT2D eigenvalue weighted by atomic mass is 35.5. The van der Waals surface area contributed by atoms with Crippen molar-refractivity contribution in [2.45, 2.75) is 26.2 Å². The van der Waals surface area contributed by atoms with Crippen molar-refractivity contribution in [2.75, 3.05) is 26.7 Å². The number of carbonyl (C=O) groups excluding carboxylic acids is 1. The number of hydrogen-bond acceptors (Lipinski definition) is 3. The Balaban J connectivity index is 0.00000156. The number of amides is 1. The lowest BCUT2D eigenvalue weighted by Gasteiger charge is -2.32. The molecule has 1 aromatic carbocycles. The zero-order chi connectivity index (χ0) is 16.2. The first kappa shape index (κ1) is 21.7. The fourth-order valence-corrected chi connectivity index (χ4v) is 3.36. The van der Waals surface area contributed by atoms with Gasteiger partial charge in [0.15, 0.2) is 0 Å². The molecule has 1 aliphatic heterocycles. The summed E-state index contributed by atoms with van der Waals surface area (Å²) in [6.45, 7) is 4.74. The summed E-state index contributed by atoms with van der Waals surface area (Å²) in [5.74, 6) is 0.861. The number of piperidine rings is 1. The molecule has 0 radical (unpaired) electrons. The second-order valence-electron chi connectivity index (χ2n) is 6.46. The monoisotopic (exact) mass is 383 g/mol. The van der Waals surface area contributed by atoms with Gasteiger partial charge < -0.3 is 10.2 Å². The van der Waals surface area contributed by atoms with Crippen molar-refractivity contribution in [3.8, 4) is 0 Å². The molecule has 138 valence electrons. The van der Waals surface area contributed by atoms with Gasteiger partial charge in [-0.1, -0.05) is 18.2 Å². The summed E-state index contributed by atoms with van der Waals surface area (Å²) in [7, 11) is 1.99. The third kappa shape index (κ3) is 5.06. The van der Waals surface area contributed by atoms with E-state index in [1.165, 1.54) is 6.42 Å². The lowest BCUT2D eigenvalue weighted by molar-refractivity contribution is 0.0689. The highest BCUT2D eigenvalue weighted by Crippen LogP contribution is 2.24. The van der Waals surface area contributed by atoms with Crippen LogP contribution in [-0.4, -0.2) is 42.5 Å². The average Bonchev–Trinajstić information content (AvgIpc) is 2.59. The van der Waals surface area contributed by atoms with Crippen molar-refractivity contribution in [1.29, 1.82) is 0 Å². The van der Waals surface area contributed by atoms with Gasteiger partial charge in [-0.15, -0.1) is 24.8 Å². The lowest BCUT2D eigenvalue weighted by Crippen LogP contribution is -2.39. The van der Waals surface area contributed by atoms with Crippen LogP contribution in [0.25, 0.3) is 10.9 Å². The van der Waals surface area contributed by atoms with Crippen LogP contribution in [0.15, 0.2) is 30.3 Å². The summed E-state index contributed by atoms with van der Waals surface area (Å²) in [5.41, 5.74) is 2.51. The third-order valence-corrected chi connectivity index (χ3v) is 4.79. The highest BCUT2D eigenvalue weighted by molar-refractivity contribution is 6.05. The van der Waals surface area contributed by atoms with Gasteiger partial charge in [-0.3, -0.25) is 9.78 Å². The van der Waals surface area contributed by atoms with Crippen molar-refractivity contribution >= 4 is 41.6 Å². The zero-order valence-electron chi connectivity index (χ0n) is 14.8. The van der Waals surface area contributed by atoms with Crippen molar-refractivity contribution in [2.24, 2.45) is 5.92 Å². The number of para-hydroxylation sites is 1. The van der Waals surface area contributed by atoms with E-state index >= 15 is 0 Å². The molecule has 0 spiro atoms. The van der Waals surface area contributed by atoms with Crippen LogP contribution < -0.4 is 5.32 Å². The quantitative estimate of drug-likeness (QED) is 0.871. The molecular weight excluding hydrogens is 357 g/mol. The maximum Gasteiger partial charge on any atom is 0.256 e. The third-order valence-electron chi connectivity index (χ3n) is 4.79. The number of hydrogen-bond donors (Lipinski definition) is 1. The number of rotatable bonds is 4. The summed E-state index contributed by atoms with van der Waals surface area (Å²) in [6.07, 6.45) is 3.41. The molecule has 2 aromatic rings. The van der Waals surface area contributed by atoms with Crippen molar-refractivity contribution in [3.63, 3.8) is 0 Å². The molecule has 1 fully saturated rings. The molecule has 3 rings (SSSR count). The molecule has 0 bridgehead atoms. The van der Waals surface area contributed by atoms with Crippen LogP contribution >= 0.6 is 24.8 Å². The number of nitrogens with zero attached hydrogens (tertiary/aromatic N) is 2. The van der Waals surface area contributed by atoms with E-state index in [4.69, 9.17) is 0 Å². The van der Waals surface area contributed by atoms with Crippen LogP contribution in [0.3, 0.4) is 0 Å². The van der Waals surface area contributed by atoms with Gasteiger partial charge in [0.25, 0.3) is 5.91 Å². The lowest BCUT2D eigenvalue weighted by atomic mass is 9.93. The van der Waals surface area contributed by atoms with E-state index < -0.39 is 0 Å². The van der Waals surface area contributed by atoms with Crippen LogP contribution in [-0.2, 0) is 0 Å². The van der Waals surface area contributed by atoms with Crippen molar-refractivity contribution in [1.82, 2.24) is 15.2 Å². The maximum absolute atomic E-state index is 12.9. The molecule has 25 heavy (non-hydrogen) atoms. The van der Waals surface area contributed by atoms with Gasteiger partial charge in [-0.05, 0) is 57.8 Å². The molecule has 2 heterocycles. The standard InChI is InChI=1S/C19H25N3O.2ClH/c1-14-6-7-16-4-3-5-17(18(16)21-14)19(23)22-12-9-15(10-13-22)8-11-20-2;;/h3-7,15,20H,8-13H2,1-2H3;2*1H. The molecule has 4 nitrogen and oxygen atoms in total. The molecular formula is C19H27Cl2N3O. The molecule has 1 aromatic heterocycles. The first-order valence-corrected chi connectivity index (χ1v) is 8.49. The average molecular weight is 384 g/mol. The summed E-state index contributed by atoms with van der Waals surface area (Å²) < 4.78 is 0. The minimum Gasteiger partial charge on any atom is -0.339 e. The van der Waals surface area contributed by atoms with E-state index in [0.717, 1.165) is 60.6 Å². The van der Waals surface area contributed by atoms with Crippen LogP contribution in [0.1, 0.15) is 35.3 Å². The molecule has 1 amide bonds. The Morgan fingerprint density at radius 2 is 1.92 bits per heavy atom. The van der Waals surface area contributed by atoms with E-state index in [9.17, 15) is 4.79 Å². The topological polar surface area (TPSA) is 45.2 Å². The first-order chi connectivity index (χ1) is 11.2. The van der Waals surface area contributed by atoms with Crippen LogP contribution in [0.2, 0.25) is 0 Å². The number of likely N-dealkylation sites (tertiary alicyclic amines) is 1. The summed E-state index contributed by atoms with van der Waals surface area (Å²) in [5, 5.41) is 4.24. The predicted octanol–water partition coefficient (Wildman–Crippen LogP) is 3.85. The Bertz CT molecular complexity index is 700. The number of benzene rings is 1. The van der Waals surface area contributed by atoms with Crippen molar-refractivity contribution < 1.29 is 4.79 Å². The first-order valence-electron chi connectivity index (χ1n) is 8.49. The van der Waals surface area contributed by atoms with Gasteiger partial charge in [0.1, 0.15) is 0 Å². The van der Waals surface area contributed by atoms with Gasteiger partial charge in [0.05, 0.1) is 11.1 Å². The van der Waals surface area contributed by atoms with E-state index in [2.05, 4.69) is 10.3 Å². The van der Waals surface area contributed by atoms with E-state index in [1.807, 2.05) is 49.2 Å². The summed E-state index contributed by atoms with van der Waals surface area (Å²) in [6, 6.07) is 9.90. The molecule has 0 aliphatic carbocycles. The Labute approximate surface area is 162 Å². The van der Waals surface area contributed by atoms with Gasteiger partial charge in [-0.25, -0.2) is 0 Å². The van der Waals surface area contributed by atoms with Gasteiger partial charge in [0, 0.05) is 24.2 Å². The van der Waals surface area contributed by atoms with E-state index in [0.29, 0.717) is 0 Å². The molecule has 1 N–H and O–H groups in total. The van der Waals surface area contributed by atoms with E-state index in [1.54, 1.807) is 0 Å². The number of carbonyl (C=O) groups is 1. The number of aryl methyl sites for hydroxylation is 1. The van der Waals surface area contributed by atoms with Crippen LogP contribution in [0, 0.1) is 12.8 Å². The molecule has 0 unspecified atom stereocenters. The van der Waals surface area contributed by atoms with Gasteiger partial charge in [0.2, 0.25) is 0 Å². The Morgan fingerprint density at radius 1 is 1.20 bits per heavy atom. The number of halogens is 2. The Morgan fingerprint density at radius 3 is 2.60 bits per heavy atom. The number of fused-ring (bicyclic) bond motifs is 1. The molecule has 0 atom stereocenters. The minimum atomic E-state index is 0. The normalized spacial score (nSPS) is 14.7. The van der Waals surface area contributed by atoms with Crippen molar-refractivity contribution in [3.05, 3.63) is 41.6 Å². The Hall–Kier alpha value is -1.36. The minimum absolute atomic E-state index is 0. The van der Waals surface area contributed by atoms with Crippen LogP contribution in [0.5, 0.6) is 0 Å². The largest absolute Gasteiger partial charge is 0.339 e. The molecule has 1 aliphatic rings. The molecule has 1 saturated heterocycles. The second kappa shape index (κ2) is 9.95. The number of aromatic nitrogens is 1. The summed E-state index contributed by atoms with van der Waals surface area (Å²) >= 11 is 0. The number of nitrogens with one attached hydrogen (secondary N) is 1. The second-order valence-corrected chi connectivity index (χ2v) is 6.46. The predicted molar refractivity (Wildman–Crippen MR) is 108 cm³/mol. The fourth-order valence-electron chi connectivity index (χ4n) is 3.36. The highest BCUT2D eigenvalue weighted by Gasteiger charge is 2.24. The smallest absolute Gasteiger partial charge is 0.256 e. The molecule has 0 saturated carbocycles. The number of pyridine rings is 1.